The molecule has 0 aromatic carbocycles. The van der Waals surface area contributed by atoms with Crippen molar-refractivity contribution >= 4 is 34.7 Å². The molecular weight excluding hydrogens is 369 g/mol. The van der Waals surface area contributed by atoms with Gasteiger partial charge >= 0.3 is 6.18 Å². The van der Waals surface area contributed by atoms with Crippen molar-refractivity contribution in [2.24, 2.45) is 0 Å². The summed E-state index contributed by atoms with van der Waals surface area (Å²) in [7, 11) is 0. The van der Waals surface area contributed by atoms with Gasteiger partial charge in [-0.3, -0.25) is 0 Å². The molecule has 2 aromatic heterocycles. The Bertz CT molecular complexity index is 798. The van der Waals surface area contributed by atoms with Gasteiger partial charge in [-0.05, 0) is 32.3 Å². The maximum absolute atomic E-state index is 12.7. The van der Waals surface area contributed by atoms with Crippen LogP contribution in [0.5, 0.6) is 0 Å². The Kier molecular flexibility index (Phi) is 5.08. The van der Waals surface area contributed by atoms with E-state index in [0.717, 1.165) is 31.9 Å². The fourth-order valence-electron chi connectivity index (χ4n) is 2.92. The molecule has 1 aliphatic rings. The highest BCUT2D eigenvalue weighted by atomic mass is 35.5. The Morgan fingerprint density at radius 1 is 1.23 bits per heavy atom. The summed E-state index contributed by atoms with van der Waals surface area (Å²) < 4.78 is 38.2. The molecule has 0 bridgehead atoms. The van der Waals surface area contributed by atoms with Crippen LogP contribution >= 0.6 is 11.6 Å². The summed E-state index contributed by atoms with van der Waals surface area (Å²) in [5.41, 5.74) is 5.57. The minimum absolute atomic E-state index is 0.0442. The van der Waals surface area contributed by atoms with Gasteiger partial charge in [-0.2, -0.15) is 13.2 Å². The lowest BCUT2D eigenvalue weighted by atomic mass is 10.0. The fraction of sp³-hybridized carbons (Fsp3) is 0.438. The van der Waals surface area contributed by atoms with E-state index in [1.807, 2.05) is 0 Å². The zero-order valence-corrected chi connectivity index (χ0v) is 14.8. The first-order valence-corrected chi connectivity index (χ1v) is 8.52. The minimum Gasteiger partial charge on any atom is -0.393 e. The number of aromatic nitrogens is 3. The third kappa shape index (κ3) is 3.77. The molecule has 1 saturated heterocycles. The number of rotatable bonds is 3. The molecule has 2 aromatic rings. The van der Waals surface area contributed by atoms with E-state index in [2.05, 4.69) is 32.1 Å². The van der Waals surface area contributed by atoms with Crippen LogP contribution in [-0.2, 0) is 6.18 Å². The molecule has 3 N–H and O–H groups in total. The van der Waals surface area contributed by atoms with Gasteiger partial charge in [0.05, 0.1) is 10.6 Å². The molecule has 10 heteroatoms. The molecule has 0 saturated carbocycles. The average Bonchev–Trinajstić information content (AvgIpc) is 2.58. The summed E-state index contributed by atoms with van der Waals surface area (Å²) in [6.07, 6.45) is 0.785. The van der Waals surface area contributed by atoms with Crippen molar-refractivity contribution in [3.8, 4) is 0 Å². The van der Waals surface area contributed by atoms with Crippen LogP contribution in [0.25, 0.3) is 0 Å². The molecule has 1 unspecified atom stereocenters. The summed E-state index contributed by atoms with van der Waals surface area (Å²) in [6.45, 7) is 2.93. The Morgan fingerprint density at radius 2 is 2.00 bits per heavy atom. The molecule has 3 rings (SSSR count). The molecule has 6 nitrogen and oxygen atoms in total. The van der Waals surface area contributed by atoms with Crippen molar-refractivity contribution in [3.63, 3.8) is 0 Å². The Morgan fingerprint density at radius 3 is 2.65 bits per heavy atom. The summed E-state index contributed by atoms with van der Waals surface area (Å²) in [6, 6.07) is 1.10. The molecule has 3 heterocycles. The van der Waals surface area contributed by atoms with Crippen LogP contribution in [0.2, 0.25) is 5.02 Å². The third-order valence-corrected chi connectivity index (χ3v) is 4.63. The molecule has 26 heavy (non-hydrogen) atoms. The van der Waals surface area contributed by atoms with Gasteiger partial charge in [0.15, 0.2) is 11.6 Å². The highest BCUT2D eigenvalue weighted by Gasteiger charge is 2.31. The SMILES string of the molecule is CC1CCCCN1c1ncnc(Nc2ncc(C(F)(F)F)cc2Cl)c1N. The van der Waals surface area contributed by atoms with E-state index in [0.29, 0.717) is 23.7 Å². The summed E-state index contributed by atoms with van der Waals surface area (Å²) >= 11 is 5.93. The second-order valence-electron chi connectivity index (χ2n) is 6.17. The number of nitrogens with zero attached hydrogens (tertiary/aromatic N) is 4. The third-order valence-electron chi connectivity index (χ3n) is 4.34. The van der Waals surface area contributed by atoms with Crippen LogP contribution in [-0.4, -0.2) is 27.5 Å². The Hall–Kier alpha value is -2.29. The van der Waals surface area contributed by atoms with Crippen LogP contribution in [0.4, 0.5) is 36.3 Å². The second-order valence-corrected chi connectivity index (χ2v) is 6.58. The van der Waals surface area contributed by atoms with Crippen LogP contribution in [0.15, 0.2) is 18.6 Å². The highest BCUT2D eigenvalue weighted by molar-refractivity contribution is 6.33. The van der Waals surface area contributed by atoms with E-state index in [9.17, 15) is 13.2 Å². The van der Waals surface area contributed by atoms with Gasteiger partial charge in [-0.1, -0.05) is 11.6 Å². The lowest BCUT2D eigenvalue weighted by Crippen LogP contribution is -2.38. The average molecular weight is 387 g/mol. The van der Waals surface area contributed by atoms with Gasteiger partial charge in [0.1, 0.15) is 17.8 Å². The van der Waals surface area contributed by atoms with E-state index < -0.39 is 11.7 Å². The zero-order valence-electron chi connectivity index (χ0n) is 14.0. The summed E-state index contributed by atoms with van der Waals surface area (Å²) in [5.74, 6) is 0.891. The number of halogens is 4. The molecule has 0 amide bonds. The fourth-order valence-corrected chi connectivity index (χ4v) is 3.14. The van der Waals surface area contributed by atoms with Gasteiger partial charge in [0.2, 0.25) is 0 Å². The van der Waals surface area contributed by atoms with Gasteiger partial charge in [-0.15, -0.1) is 0 Å². The lowest BCUT2D eigenvalue weighted by molar-refractivity contribution is -0.137. The summed E-state index contributed by atoms with van der Waals surface area (Å²) in [5, 5.41) is 2.63. The van der Waals surface area contributed by atoms with Gasteiger partial charge in [-0.25, -0.2) is 15.0 Å². The van der Waals surface area contributed by atoms with Crippen molar-refractivity contribution < 1.29 is 13.2 Å². The van der Waals surface area contributed by atoms with Crippen molar-refractivity contribution in [1.29, 1.82) is 0 Å². The number of nitrogens with two attached hydrogens (primary N) is 1. The second kappa shape index (κ2) is 7.14. The first kappa shape index (κ1) is 18.5. The van der Waals surface area contributed by atoms with E-state index in [4.69, 9.17) is 17.3 Å². The van der Waals surface area contributed by atoms with Crippen LogP contribution < -0.4 is 16.0 Å². The smallest absolute Gasteiger partial charge is 0.393 e. The first-order chi connectivity index (χ1) is 12.3. The quantitative estimate of drug-likeness (QED) is 0.821. The van der Waals surface area contributed by atoms with Gasteiger partial charge < -0.3 is 16.0 Å². The number of alkyl halides is 3. The molecule has 1 aliphatic heterocycles. The monoisotopic (exact) mass is 386 g/mol. The predicted molar refractivity (Wildman–Crippen MR) is 94.6 cm³/mol. The van der Waals surface area contributed by atoms with Crippen molar-refractivity contribution in [2.75, 3.05) is 22.5 Å². The molecule has 0 spiro atoms. The number of nitrogen functional groups attached to an aromatic ring is 1. The Labute approximate surface area is 153 Å². The van der Waals surface area contributed by atoms with Gasteiger partial charge in [0, 0.05) is 18.8 Å². The molecule has 140 valence electrons. The largest absolute Gasteiger partial charge is 0.417 e. The zero-order chi connectivity index (χ0) is 18.9. The van der Waals surface area contributed by atoms with E-state index in [1.165, 1.54) is 6.33 Å². The molecule has 0 radical (unpaired) electrons. The normalized spacial score (nSPS) is 18.0. The van der Waals surface area contributed by atoms with Crippen LogP contribution in [0, 0.1) is 0 Å². The predicted octanol–water partition coefficient (Wildman–Crippen LogP) is 4.25. The number of hydrogen-bond donors (Lipinski definition) is 2. The number of pyridine rings is 1. The Balaban J connectivity index is 1.88. The molecule has 1 fully saturated rings. The maximum Gasteiger partial charge on any atom is 0.417 e. The van der Waals surface area contributed by atoms with Gasteiger partial charge in [0.25, 0.3) is 0 Å². The summed E-state index contributed by atoms with van der Waals surface area (Å²) in [4.78, 5) is 14.2. The lowest BCUT2D eigenvalue weighted by Gasteiger charge is -2.35. The minimum atomic E-state index is -4.51. The van der Waals surface area contributed by atoms with Crippen molar-refractivity contribution in [3.05, 3.63) is 29.2 Å². The topological polar surface area (TPSA) is 80.0 Å². The van der Waals surface area contributed by atoms with E-state index in [1.54, 1.807) is 0 Å². The molecular formula is C16H18ClF3N6. The van der Waals surface area contributed by atoms with Crippen molar-refractivity contribution in [1.82, 2.24) is 15.0 Å². The first-order valence-electron chi connectivity index (χ1n) is 8.14. The highest BCUT2D eigenvalue weighted by Crippen LogP contribution is 2.35. The standard InChI is InChI=1S/C16H18ClF3N6/c1-9-4-2-3-5-26(9)15-12(21)14(23-8-24-15)25-13-11(17)6-10(7-22-13)16(18,19)20/h6-9H,2-5,21H2,1H3,(H,22,23,24,25). The van der Waals surface area contributed by atoms with Crippen LogP contribution in [0.3, 0.4) is 0 Å². The van der Waals surface area contributed by atoms with Crippen molar-refractivity contribution in [2.45, 2.75) is 38.4 Å². The number of hydrogen-bond acceptors (Lipinski definition) is 6. The number of piperidine rings is 1. The van der Waals surface area contributed by atoms with E-state index >= 15 is 0 Å². The molecule has 0 aliphatic carbocycles. The number of anilines is 4. The molecule has 1 atom stereocenters. The maximum atomic E-state index is 12.7. The number of nitrogens with one attached hydrogen (secondary N) is 1. The van der Waals surface area contributed by atoms with E-state index in [-0.39, 0.29) is 16.7 Å². The van der Waals surface area contributed by atoms with Crippen LogP contribution in [0.1, 0.15) is 31.7 Å².